The van der Waals surface area contributed by atoms with Crippen molar-refractivity contribution in [1.29, 1.82) is 0 Å². The van der Waals surface area contributed by atoms with E-state index in [1.165, 1.54) is 0 Å². The smallest absolute Gasteiger partial charge is 0.224 e. The molecule has 2 heterocycles. The number of hydrogen-bond donors (Lipinski definition) is 1. The van der Waals surface area contributed by atoms with E-state index in [9.17, 15) is 9.59 Å². The van der Waals surface area contributed by atoms with Crippen LogP contribution >= 0.6 is 0 Å². The number of likely N-dealkylation sites (tertiary alicyclic amines) is 2. The van der Waals surface area contributed by atoms with Crippen molar-refractivity contribution in [2.45, 2.75) is 44.2 Å². The molecule has 5 nitrogen and oxygen atoms in total. The molecule has 2 amide bonds. The Bertz CT molecular complexity index is 561. The maximum absolute atomic E-state index is 12.6. The largest absolute Gasteiger partial charge is 0.341 e. The summed E-state index contributed by atoms with van der Waals surface area (Å²) in [5, 5.41) is 0. The van der Waals surface area contributed by atoms with Gasteiger partial charge in [-0.15, -0.1) is 0 Å². The first kappa shape index (κ1) is 16.0. The third kappa shape index (κ3) is 3.72. The molecule has 0 spiro atoms. The monoisotopic (exact) mass is 315 g/mol. The summed E-state index contributed by atoms with van der Waals surface area (Å²) in [6.45, 7) is 2.28. The number of amides is 2. The molecule has 0 aliphatic carbocycles. The van der Waals surface area contributed by atoms with Crippen LogP contribution in [0, 0.1) is 0 Å². The Balaban J connectivity index is 1.57. The number of nitrogens with zero attached hydrogens (tertiary/aromatic N) is 2. The van der Waals surface area contributed by atoms with Gasteiger partial charge in [0.05, 0.1) is 0 Å². The molecule has 23 heavy (non-hydrogen) atoms. The second kappa shape index (κ2) is 7.13. The Morgan fingerprint density at radius 3 is 2.70 bits per heavy atom. The predicted molar refractivity (Wildman–Crippen MR) is 88.5 cm³/mol. The first-order chi connectivity index (χ1) is 11.1. The number of nitrogens with two attached hydrogens (primary N) is 1. The molecule has 124 valence electrons. The second-order valence-electron chi connectivity index (χ2n) is 6.55. The molecular formula is C18H25N3O2. The van der Waals surface area contributed by atoms with Crippen LogP contribution in [0.25, 0.3) is 0 Å². The van der Waals surface area contributed by atoms with E-state index in [4.69, 9.17) is 5.73 Å². The summed E-state index contributed by atoms with van der Waals surface area (Å²) < 4.78 is 0. The number of benzene rings is 1. The fourth-order valence-corrected chi connectivity index (χ4v) is 3.63. The Labute approximate surface area is 137 Å². The third-order valence-corrected chi connectivity index (χ3v) is 4.92. The molecule has 2 aliphatic rings. The lowest BCUT2D eigenvalue weighted by atomic mass is 10.0. The van der Waals surface area contributed by atoms with Crippen LogP contribution < -0.4 is 5.73 Å². The molecule has 2 N–H and O–H groups in total. The van der Waals surface area contributed by atoms with Crippen LogP contribution in [0.2, 0.25) is 0 Å². The summed E-state index contributed by atoms with van der Waals surface area (Å²) in [7, 11) is 0. The van der Waals surface area contributed by atoms with Gasteiger partial charge in [0.2, 0.25) is 11.8 Å². The van der Waals surface area contributed by atoms with Crippen molar-refractivity contribution in [2.75, 3.05) is 19.6 Å². The molecule has 0 unspecified atom stereocenters. The van der Waals surface area contributed by atoms with Crippen LogP contribution in [-0.2, 0) is 9.59 Å². The summed E-state index contributed by atoms with van der Waals surface area (Å²) in [5.74, 6) is 0.336. The molecule has 2 atom stereocenters. The van der Waals surface area contributed by atoms with Gasteiger partial charge in [0, 0.05) is 44.6 Å². The van der Waals surface area contributed by atoms with E-state index >= 15 is 0 Å². The first-order valence-electron chi connectivity index (χ1n) is 8.53. The Kier molecular flexibility index (Phi) is 4.96. The molecule has 0 aromatic heterocycles. The van der Waals surface area contributed by atoms with Crippen molar-refractivity contribution in [3.05, 3.63) is 35.9 Å². The second-order valence-corrected chi connectivity index (χ2v) is 6.55. The van der Waals surface area contributed by atoms with Crippen LogP contribution in [0.5, 0.6) is 0 Å². The number of rotatable bonds is 4. The van der Waals surface area contributed by atoms with Gasteiger partial charge in [-0.25, -0.2) is 0 Å². The summed E-state index contributed by atoms with van der Waals surface area (Å²) >= 11 is 0. The predicted octanol–water partition coefficient (Wildman–Crippen LogP) is 1.69. The van der Waals surface area contributed by atoms with Gasteiger partial charge in [-0.1, -0.05) is 30.3 Å². The average molecular weight is 315 g/mol. The van der Waals surface area contributed by atoms with Crippen LogP contribution in [0.3, 0.4) is 0 Å². The van der Waals surface area contributed by atoms with Crippen LogP contribution in [0.15, 0.2) is 30.3 Å². The molecular weight excluding hydrogens is 290 g/mol. The zero-order chi connectivity index (χ0) is 16.2. The zero-order valence-electron chi connectivity index (χ0n) is 13.5. The Morgan fingerprint density at radius 2 is 2.00 bits per heavy atom. The minimum atomic E-state index is -0.266. The lowest BCUT2D eigenvalue weighted by Crippen LogP contribution is -2.50. The van der Waals surface area contributed by atoms with Gasteiger partial charge in [-0.3, -0.25) is 9.59 Å². The summed E-state index contributed by atoms with van der Waals surface area (Å²) in [6.07, 6.45) is 3.89. The van der Waals surface area contributed by atoms with Crippen molar-refractivity contribution in [2.24, 2.45) is 5.73 Å². The van der Waals surface area contributed by atoms with E-state index < -0.39 is 0 Å². The maximum Gasteiger partial charge on any atom is 0.224 e. The van der Waals surface area contributed by atoms with E-state index in [2.05, 4.69) is 0 Å². The molecule has 0 radical (unpaired) electrons. The number of piperidine rings is 1. The first-order valence-corrected chi connectivity index (χ1v) is 8.53. The summed E-state index contributed by atoms with van der Waals surface area (Å²) in [5.41, 5.74) is 7.16. The van der Waals surface area contributed by atoms with Crippen molar-refractivity contribution in [1.82, 2.24) is 9.80 Å². The van der Waals surface area contributed by atoms with Crippen molar-refractivity contribution in [3.63, 3.8) is 0 Å². The van der Waals surface area contributed by atoms with Gasteiger partial charge in [-0.2, -0.15) is 0 Å². The molecule has 2 saturated heterocycles. The molecule has 1 aromatic rings. The highest BCUT2D eigenvalue weighted by atomic mass is 16.2. The standard InChI is InChI=1S/C18H25N3O2/c19-16(14-6-2-1-3-7-14)12-18(23)20-10-4-8-15(13-20)21-11-5-9-17(21)22/h1-3,6-7,15-16H,4-5,8-13,19H2/t15-,16-/m1/s1. The molecule has 0 saturated carbocycles. The van der Waals surface area contributed by atoms with Crippen molar-refractivity contribution in [3.8, 4) is 0 Å². The zero-order valence-corrected chi connectivity index (χ0v) is 13.5. The number of carbonyl (C=O) groups excluding carboxylic acids is 2. The normalized spacial score (nSPS) is 23.2. The third-order valence-electron chi connectivity index (χ3n) is 4.92. The minimum absolute atomic E-state index is 0.0951. The van der Waals surface area contributed by atoms with E-state index in [0.717, 1.165) is 37.9 Å². The molecule has 0 bridgehead atoms. The lowest BCUT2D eigenvalue weighted by molar-refractivity contribution is -0.137. The summed E-state index contributed by atoms with van der Waals surface area (Å²) in [4.78, 5) is 28.3. The van der Waals surface area contributed by atoms with Crippen LogP contribution in [0.1, 0.15) is 43.7 Å². The lowest BCUT2D eigenvalue weighted by Gasteiger charge is -2.38. The van der Waals surface area contributed by atoms with E-state index in [1.54, 1.807) is 0 Å². The van der Waals surface area contributed by atoms with E-state index in [0.29, 0.717) is 19.4 Å². The van der Waals surface area contributed by atoms with Gasteiger partial charge in [0.1, 0.15) is 0 Å². The van der Waals surface area contributed by atoms with Gasteiger partial charge >= 0.3 is 0 Å². The fraction of sp³-hybridized carbons (Fsp3) is 0.556. The quantitative estimate of drug-likeness (QED) is 0.919. The van der Waals surface area contributed by atoms with Crippen LogP contribution in [-0.4, -0.2) is 47.3 Å². The fourth-order valence-electron chi connectivity index (χ4n) is 3.63. The van der Waals surface area contributed by atoms with Gasteiger partial charge in [-0.05, 0) is 24.8 Å². The number of hydrogen-bond acceptors (Lipinski definition) is 3. The molecule has 2 fully saturated rings. The van der Waals surface area contributed by atoms with Gasteiger partial charge < -0.3 is 15.5 Å². The maximum atomic E-state index is 12.6. The SMILES string of the molecule is N[C@H](CC(=O)N1CCC[C@@H](N2CCCC2=O)C1)c1ccccc1. The molecule has 1 aromatic carbocycles. The Morgan fingerprint density at radius 1 is 1.22 bits per heavy atom. The number of carbonyl (C=O) groups is 2. The highest BCUT2D eigenvalue weighted by Crippen LogP contribution is 2.23. The molecule has 3 rings (SSSR count). The van der Waals surface area contributed by atoms with Crippen molar-refractivity contribution < 1.29 is 9.59 Å². The topological polar surface area (TPSA) is 66.6 Å². The average Bonchev–Trinajstić information content (AvgIpc) is 3.02. The summed E-state index contributed by atoms with van der Waals surface area (Å²) in [6, 6.07) is 9.67. The molecule has 2 aliphatic heterocycles. The highest BCUT2D eigenvalue weighted by Gasteiger charge is 2.33. The van der Waals surface area contributed by atoms with E-state index in [-0.39, 0.29) is 23.9 Å². The van der Waals surface area contributed by atoms with E-state index in [1.807, 2.05) is 40.1 Å². The molecule has 5 heteroatoms. The van der Waals surface area contributed by atoms with Crippen molar-refractivity contribution >= 4 is 11.8 Å². The van der Waals surface area contributed by atoms with Crippen LogP contribution in [0.4, 0.5) is 0 Å². The van der Waals surface area contributed by atoms with Gasteiger partial charge in [0.25, 0.3) is 0 Å². The highest BCUT2D eigenvalue weighted by molar-refractivity contribution is 5.79. The minimum Gasteiger partial charge on any atom is -0.341 e. The Hall–Kier alpha value is -1.88. The van der Waals surface area contributed by atoms with Gasteiger partial charge in [0.15, 0.2) is 0 Å².